The van der Waals surface area contributed by atoms with Crippen LogP contribution in [0.5, 0.6) is 0 Å². The third-order valence-electron chi connectivity index (χ3n) is 3.94. The van der Waals surface area contributed by atoms with Crippen molar-refractivity contribution in [3.63, 3.8) is 0 Å². The maximum atomic E-state index is 12.2. The fourth-order valence-electron chi connectivity index (χ4n) is 2.44. The van der Waals surface area contributed by atoms with Gasteiger partial charge >= 0.3 is 0 Å². The van der Waals surface area contributed by atoms with E-state index < -0.39 is 5.25 Å². The number of carbonyl (C=O) groups is 2. The van der Waals surface area contributed by atoms with Crippen molar-refractivity contribution in [3.8, 4) is 0 Å². The number of amides is 2. The Bertz CT molecular complexity index is 881. The number of aliphatic imine (C=N–C) groups is 1. The van der Waals surface area contributed by atoms with Crippen LogP contribution in [-0.2, 0) is 9.59 Å². The minimum Gasteiger partial charge on any atom is -0.326 e. The van der Waals surface area contributed by atoms with Crippen LogP contribution < -0.4 is 10.6 Å². The first-order valence-electron chi connectivity index (χ1n) is 8.10. The van der Waals surface area contributed by atoms with Crippen molar-refractivity contribution < 1.29 is 9.59 Å². The summed E-state index contributed by atoms with van der Waals surface area (Å²) >= 11 is 7.35. The van der Waals surface area contributed by atoms with Crippen LogP contribution in [0.1, 0.15) is 17.5 Å². The van der Waals surface area contributed by atoms with Crippen molar-refractivity contribution in [2.24, 2.45) is 4.99 Å². The average molecular weight is 388 g/mol. The summed E-state index contributed by atoms with van der Waals surface area (Å²) in [5.74, 6) is -0.422. The third kappa shape index (κ3) is 4.45. The lowest BCUT2D eigenvalue weighted by atomic mass is 10.2. The smallest absolute Gasteiger partial charge is 0.240 e. The van der Waals surface area contributed by atoms with Gasteiger partial charge in [-0.25, -0.2) is 4.99 Å². The Hall–Kier alpha value is -2.31. The molecule has 26 heavy (non-hydrogen) atoms. The Morgan fingerprint density at radius 2 is 1.96 bits per heavy atom. The predicted molar refractivity (Wildman–Crippen MR) is 107 cm³/mol. The highest BCUT2D eigenvalue weighted by molar-refractivity contribution is 8.15. The first-order valence-corrected chi connectivity index (χ1v) is 9.36. The van der Waals surface area contributed by atoms with Gasteiger partial charge in [0.05, 0.1) is 5.69 Å². The summed E-state index contributed by atoms with van der Waals surface area (Å²) in [6, 6.07) is 12.9. The first-order chi connectivity index (χ1) is 12.4. The lowest BCUT2D eigenvalue weighted by Crippen LogP contribution is -2.28. The molecule has 2 aromatic rings. The number of anilines is 1. The zero-order valence-corrected chi connectivity index (χ0v) is 15.9. The molecule has 5 nitrogen and oxygen atoms in total. The predicted octanol–water partition coefficient (Wildman–Crippen LogP) is 4.20. The molecule has 134 valence electrons. The van der Waals surface area contributed by atoms with Gasteiger partial charge in [0.25, 0.3) is 0 Å². The minimum absolute atomic E-state index is 0.0813. The quantitative estimate of drug-likeness (QED) is 0.825. The summed E-state index contributed by atoms with van der Waals surface area (Å²) in [5.41, 5.74) is 3.38. The van der Waals surface area contributed by atoms with Gasteiger partial charge in [0, 0.05) is 17.1 Å². The fraction of sp³-hybridized carbons (Fsp3) is 0.211. The van der Waals surface area contributed by atoms with Crippen LogP contribution in [0.15, 0.2) is 47.5 Å². The molecule has 0 saturated carbocycles. The highest BCUT2D eigenvalue weighted by atomic mass is 35.5. The number of hydrogen-bond donors (Lipinski definition) is 2. The number of carbonyl (C=O) groups excluding carboxylic acids is 2. The number of hydrogen-bond acceptors (Lipinski definition) is 4. The number of aryl methyl sites for hydroxylation is 1. The largest absolute Gasteiger partial charge is 0.326 e. The number of nitrogens with one attached hydrogen (secondary N) is 2. The van der Waals surface area contributed by atoms with E-state index in [-0.39, 0.29) is 18.2 Å². The van der Waals surface area contributed by atoms with E-state index in [1.165, 1.54) is 11.8 Å². The second kappa shape index (κ2) is 7.93. The molecule has 3 rings (SSSR count). The fourth-order valence-corrected chi connectivity index (χ4v) is 3.59. The van der Waals surface area contributed by atoms with Crippen molar-refractivity contribution in [2.45, 2.75) is 25.5 Å². The molecular formula is C19H18ClN3O2S. The lowest BCUT2D eigenvalue weighted by Gasteiger charge is -2.07. The normalized spacial score (nSPS) is 18.0. The van der Waals surface area contributed by atoms with Crippen molar-refractivity contribution in [1.29, 1.82) is 0 Å². The van der Waals surface area contributed by atoms with E-state index in [0.29, 0.717) is 21.6 Å². The van der Waals surface area contributed by atoms with E-state index in [2.05, 4.69) is 15.6 Å². The summed E-state index contributed by atoms with van der Waals surface area (Å²) in [6.07, 6.45) is 0.0813. The molecule has 1 atom stereocenters. The Morgan fingerprint density at radius 1 is 1.23 bits per heavy atom. The van der Waals surface area contributed by atoms with Gasteiger partial charge in [0.1, 0.15) is 5.25 Å². The van der Waals surface area contributed by atoms with Crippen LogP contribution >= 0.6 is 23.4 Å². The molecule has 0 bridgehead atoms. The maximum absolute atomic E-state index is 12.2. The molecule has 7 heteroatoms. The summed E-state index contributed by atoms with van der Waals surface area (Å²) in [4.78, 5) is 28.8. The SMILES string of the molecule is Cc1ccc(NC(=O)C[C@@H]2SC(=Nc3cccc(Cl)c3C)NC2=O)cc1. The second-order valence-electron chi connectivity index (χ2n) is 6.01. The van der Waals surface area contributed by atoms with Crippen LogP contribution in [0.4, 0.5) is 11.4 Å². The molecule has 1 saturated heterocycles. The number of rotatable bonds is 4. The van der Waals surface area contributed by atoms with Crippen molar-refractivity contribution in [1.82, 2.24) is 5.32 Å². The first kappa shape index (κ1) is 18.5. The monoisotopic (exact) mass is 387 g/mol. The molecule has 2 N–H and O–H groups in total. The molecule has 0 aliphatic carbocycles. The van der Waals surface area contributed by atoms with E-state index >= 15 is 0 Å². The van der Waals surface area contributed by atoms with Gasteiger partial charge in [0.15, 0.2) is 5.17 Å². The van der Waals surface area contributed by atoms with Gasteiger partial charge in [0.2, 0.25) is 11.8 Å². The number of nitrogens with zero attached hydrogens (tertiary/aromatic N) is 1. The van der Waals surface area contributed by atoms with E-state index in [1.54, 1.807) is 6.07 Å². The molecule has 0 aromatic heterocycles. The number of benzene rings is 2. The van der Waals surface area contributed by atoms with Crippen molar-refractivity contribution in [2.75, 3.05) is 5.32 Å². The molecule has 0 spiro atoms. The zero-order valence-electron chi connectivity index (χ0n) is 14.4. The van der Waals surface area contributed by atoms with Gasteiger partial charge in [-0.15, -0.1) is 0 Å². The highest BCUT2D eigenvalue weighted by Crippen LogP contribution is 2.29. The van der Waals surface area contributed by atoms with Gasteiger partial charge in [-0.1, -0.05) is 47.1 Å². The van der Waals surface area contributed by atoms with Gasteiger partial charge < -0.3 is 10.6 Å². The van der Waals surface area contributed by atoms with Gasteiger partial charge in [-0.3, -0.25) is 9.59 Å². The summed E-state index contributed by atoms with van der Waals surface area (Å²) in [5, 5.41) is 6.13. The van der Waals surface area contributed by atoms with Crippen LogP contribution in [0.2, 0.25) is 5.02 Å². The van der Waals surface area contributed by atoms with E-state index in [1.807, 2.05) is 50.2 Å². The summed E-state index contributed by atoms with van der Waals surface area (Å²) in [6.45, 7) is 3.85. The maximum Gasteiger partial charge on any atom is 0.240 e. The molecule has 0 unspecified atom stereocenters. The molecular weight excluding hydrogens is 370 g/mol. The molecule has 1 heterocycles. The number of halogens is 1. The Labute approximate surface area is 161 Å². The van der Waals surface area contributed by atoms with Crippen molar-refractivity contribution in [3.05, 3.63) is 58.6 Å². The lowest BCUT2D eigenvalue weighted by molar-refractivity contribution is -0.122. The highest BCUT2D eigenvalue weighted by Gasteiger charge is 2.32. The molecule has 0 radical (unpaired) electrons. The van der Waals surface area contributed by atoms with Crippen molar-refractivity contribution >= 4 is 51.7 Å². The molecule has 1 fully saturated rings. The average Bonchev–Trinajstić information content (AvgIpc) is 2.93. The van der Waals surface area contributed by atoms with Crippen LogP contribution in [-0.4, -0.2) is 22.2 Å². The molecule has 2 aromatic carbocycles. The molecule has 1 aliphatic rings. The minimum atomic E-state index is -0.501. The standard InChI is InChI=1S/C19H18ClN3O2S/c1-11-6-8-13(9-7-11)21-17(24)10-16-18(25)23-19(26-16)22-15-5-3-4-14(20)12(15)2/h3-9,16H,10H2,1-2H3,(H,21,24)(H,22,23,25)/t16-/m0/s1. The summed E-state index contributed by atoms with van der Waals surface area (Å²) in [7, 11) is 0. The van der Waals surface area contributed by atoms with Crippen LogP contribution in [0.25, 0.3) is 0 Å². The summed E-state index contributed by atoms with van der Waals surface area (Å²) < 4.78 is 0. The van der Waals surface area contributed by atoms with Crippen LogP contribution in [0, 0.1) is 13.8 Å². The van der Waals surface area contributed by atoms with E-state index in [9.17, 15) is 9.59 Å². The number of thioether (sulfide) groups is 1. The molecule has 2 amide bonds. The van der Waals surface area contributed by atoms with Gasteiger partial charge in [-0.05, 0) is 43.7 Å². The van der Waals surface area contributed by atoms with Gasteiger partial charge in [-0.2, -0.15) is 0 Å². The second-order valence-corrected chi connectivity index (χ2v) is 7.61. The van der Waals surface area contributed by atoms with E-state index in [4.69, 9.17) is 11.6 Å². The van der Waals surface area contributed by atoms with Crippen LogP contribution in [0.3, 0.4) is 0 Å². The topological polar surface area (TPSA) is 70.6 Å². The Morgan fingerprint density at radius 3 is 2.69 bits per heavy atom. The number of amidine groups is 1. The molecule has 1 aliphatic heterocycles. The Balaban J connectivity index is 1.64. The Kier molecular flexibility index (Phi) is 5.64. The van der Waals surface area contributed by atoms with E-state index in [0.717, 1.165) is 11.1 Å². The third-order valence-corrected chi connectivity index (χ3v) is 5.43. The zero-order chi connectivity index (χ0) is 18.7.